The molecule has 0 spiro atoms. The first-order valence-electron chi connectivity index (χ1n) is 8.84. The molecule has 0 saturated heterocycles. The van der Waals surface area contributed by atoms with Crippen molar-refractivity contribution in [1.82, 2.24) is 5.32 Å². The van der Waals surface area contributed by atoms with Gasteiger partial charge < -0.3 is 19.5 Å². The number of hydrogen-bond acceptors (Lipinski definition) is 6. The number of nitrogens with one attached hydrogen (secondary N) is 1. The first-order valence-corrected chi connectivity index (χ1v) is 9.66. The lowest BCUT2D eigenvalue weighted by atomic mass is 10.1. The molecule has 150 valence electrons. The molecule has 0 radical (unpaired) electrons. The normalized spacial score (nSPS) is 10.3. The quantitative estimate of drug-likeness (QED) is 0.569. The van der Waals surface area contributed by atoms with Crippen molar-refractivity contribution in [2.75, 3.05) is 21.3 Å². The van der Waals surface area contributed by atoms with Crippen LogP contribution in [0.15, 0.2) is 54.6 Å². The van der Waals surface area contributed by atoms with E-state index in [0.29, 0.717) is 39.8 Å². The fourth-order valence-electron chi connectivity index (χ4n) is 2.87. The van der Waals surface area contributed by atoms with Gasteiger partial charge in [0.25, 0.3) is 5.91 Å². The summed E-state index contributed by atoms with van der Waals surface area (Å²) in [5.41, 5.74) is 0.974. The topological polar surface area (TPSA) is 73.9 Å². The maximum Gasteiger partial charge on any atom is 0.255 e. The number of hydrogen-bond donors (Lipinski definition) is 1. The van der Waals surface area contributed by atoms with Gasteiger partial charge in [-0.25, -0.2) is 0 Å². The lowest BCUT2D eigenvalue weighted by Gasteiger charge is -2.15. The van der Waals surface area contributed by atoms with Crippen molar-refractivity contribution < 1.29 is 23.8 Å². The minimum absolute atomic E-state index is 0.0327. The van der Waals surface area contributed by atoms with Crippen LogP contribution >= 0.6 is 11.3 Å². The van der Waals surface area contributed by atoms with E-state index in [0.717, 1.165) is 4.88 Å². The van der Waals surface area contributed by atoms with Crippen molar-refractivity contribution in [3.63, 3.8) is 0 Å². The maximum atomic E-state index is 12.7. The number of ketones is 1. The molecule has 1 heterocycles. The molecule has 0 fully saturated rings. The number of ether oxygens (including phenoxy) is 3. The monoisotopic (exact) mass is 411 g/mol. The van der Waals surface area contributed by atoms with E-state index < -0.39 is 0 Å². The van der Waals surface area contributed by atoms with Crippen LogP contribution in [0.2, 0.25) is 0 Å². The number of rotatable bonds is 8. The van der Waals surface area contributed by atoms with Gasteiger partial charge in [-0.1, -0.05) is 30.3 Å². The van der Waals surface area contributed by atoms with Crippen molar-refractivity contribution in [2.24, 2.45) is 0 Å². The van der Waals surface area contributed by atoms with Gasteiger partial charge in [-0.3, -0.25) is 9.59 Å². The lowest BCUT2D eigenvalue weighted by Crippen LogP contribution is -2.23. The van der Waals surface area contributed by atoms with Crippen LogP contribution in [0.4, 0.5) is 0 Å². The predicted molar refractivity (Wildman–Crippen MR) is 111 cm³/mol. The molecule has 0 aliphatic carbocycles. The summed E-state index contributed by atoms with van der Waals surface area (Å²) in [6, 6.07) is 16.0. The largest absolute Gasteiger partial charge is 0.493 e. The van der Waals surface area contributed by atoms with Gasteiger partial charge in [0.15, 0.2) is 11.5 Å². The number of thiophene rings is 1. The molecule has 1 amide bonds. The first-order chi connectivity index (χ1) is 14.1. The second-order valence-electron chi connectivity index (χ2n) is 6.03. The van der Waals surface area contributed by atoms with Crippen molar-refractivity contribution in [1.29, 1.82) is 0 Å². The maximum absolute atomic E-state index is 12.7. The highest BCUT2D eigenvalue weighted by Crippen LogP contribution is 2.39. The van der Waals surface area contributed by atoms with Gasteiger partial charge in [0.1, 0.15) is 0 Å². The third kappa shape index (κ3) is 4.41. The number of amides is 1. The zero-order valence-electron chi connectivity index (χ0n) is 16.4. The third-order valence-corrected chi connectivity index (χ3v) is 5.38. The Morgan fingerprint density at radius 3 is 2.24 bits per heavy atom. The molecule has 0 aliphatic rings. The van der Waals surface area contributed by atoms with Crippen LogP contribution in [0.25, 0.3) is 0 Å². The Bertz CT molecular complexity index is 1010. The van der Waals surface area contributed by atoms with Crippen molar-refractivity contribution >= 4 is 23.0 Å². The molecule has 0 saturated carbocycles. The fraction of sp³-hybridized carbons (Fsp3) is 0.182. The lowest BCUT2D eigenvalue weighted by molar-refractivity contribution is 0.0947. The molecule has 29 heavy (non-hydrogen) atoms. The molecular formula is C22H21NO5S. The van der Waals surface area contributed by atoms with Crippen LogP contribution in [0.5, 0.6) is 17.2 Å². The van der Waals surface area contributed by atoms with Crippen LogP contribution in [-0.2, 0) is 6.54 Å². The van der Waals surface area contributed by atoms with Crippen molar-refractivity contribution in [2.45, 2.75) is 6.54 Å². The smallest absolute Gasteiger partial charge is 0.255 e. The van der Waals surface area contributed by atoms with Crippen LogP contribution in [0, 0.1) is 0 Å². The second kappa shape index (κ2) is 9.25. The molecule has 1 N–H and O–H groups in total. The van der Waals surface area contributed by atoms with E-state index in [1.165, 1.54) is 32.7 Å². The van der Waals surface area contributed by atoms with Crippen LogP contribution in [-0.4, -0.2) is 33.0 Å². The molecule has 0 bridgehead atoms. The number of benzene rings is 2. The van der Waals surface area contributed by atoms with Crippen LogP contribution in [0.3, 0.4) is 0 Å². The van der Waals surface area contributed by atoms with Crippen LogP contribution in [0.1, 0.15) is 30.5 Å². The standard InChI is InChI=1S/C22H21NO5S/c1-26-17-11-10-16(20(27-2)21(17)28-3)22(25)23-13-15-9-12-18(29-15)19(24)14-7-5-4-6-8-14/h4-12H,13H2,1-3H3,(H,23,25). The minimum atomic E-state index is -0.313. The summed E-state index contributed by atoms with van der Waals surface area (Å²) in [7, 11) is 4.47. The summed E-state index contributed by atoms with van der Waals surface area (Å²) in [5.74, 6) is 0.787. The summed E-state index contributed by atoms with van der Waals surface area (Å²) in [6.07, 6.45) is 0. The van der Waals surface area contributed by atoms with E-state index in [2.05, 4.69) is 5.32 Å². The minimum Gasteiger partial charge on any atom is -0.493 e. The summed E-state index contributed by atoms with van der Waals surface area (Å²) < 4.78 is 15.9. The number of carbonyl (C=O) groups excluding carboxylic acids is 2. The first kappa shape index (κ1) is 20.4. The molecule has 3 aromatic rings. The van der Waals surface area contributed by atoms with E-state index in [1.54, 1.807) is 30.3 Å². The summed E-state index contributed by atoms with van der Waals surface area (Å²) >= 11 is 1.36. The molecule has 7 heteroatoms. The van der Waals surface area contributed by atoms with Crippen LogP contribution < -0.4 is 19.5 Å². The van der Waals surface area contributed by atoms with Crippen molar-refractivity contribution in [3.8, 4) is 17.2 Å². The molecule has 0 atom stereocenters. The van der Waals surface area contributed by atoms with Gasteiger partial charge in [0, 0.05) is 10.4 Å². The number of methoxy groups -OCH3 is 3. The Morgan fingerprint density at radius 2 is 1.59 bits per heavy atom. The third-order valence-electron chi connectivity index (χ3n) is 4.29. The highest BCUT2D eigenvalue weighted by molar-refractivity contribution is 7.14. The van der Waals surface area contributed by atoms with Gasteiger partial charge in [-0.2, -0.15) is 0 Å². The average Bonchev–Trinajstić information content (AvgIpc) is 3.25. The fourth-order valence-corrected chi connectivity index (χ4v) is 3.78. The van der Waals surface area contributed by atoms with Gasteiger partial charge in [-0.05, 0) is 24.3 Å². The summed E-state index contributed by atoms with van der Waals surface area (Å²) in [6.45, 7) is 0.295. The van der Waals surface area contributed by atoms with Crippen molar-refractivity contribution in [3.05, 3.63) is 75.5 Å². The zero-order valence-corrected chi connectivity index (χ0v) is 17.2. The Labute approximate surface area is 173 Å². The Balaban J connectivity index is 1.72. The Kier molecular flexibility index (Phi) is 6.51. The van der Waals surface area contributed by atoms with E-state index >= 15 is 0 Å². The second-order valence-corrected chi connectivity index (χ2v) is 7.19. The zero-order chi connectivity index (χ0) is 20.8. The van der Waals surface area contributed by atoms with Gasteiger partial charge in [-0.15, -0.1) is 11.3 Å². The Hall–Kier alpha value is -3.32. The molecule has 2 aromatic carbocycles. The Morgan fingerprint density at radius 1 is 0.862 bits per heavy atom. The average molecular weight is 411 g/mol. The molecule has 0 unspecified atom stereocenters. The molecule has 6 nitrogen and oxygen atoms in total. The molecule has 3 rings (SSSR count). The van der Waals surface area contributed by atoms with E-state index in [9.17, 15) is 9.59 Å². The SMILES string of the molecule is COc1ccc(C(=O)NCc2ccc(C(=O)c3ccccc3)s2)c(OC)c1OC. The summed E-state index contributed by atoms with van der Waals surface area (Å²) in [5, 5.41) is 2.85. The van der Waals surface area contributed by atoms with E-state index in [4.69, 9.17) is 14.2 Å². The summed E-state index contributed by atoms with van der Waals surface area (Å²) in [4.78, 5) is 26.7. The molecule has 0 aliphatic heterocycles. The molecule has 1 aromatic heterocycles. The highest BCUT2D eigenvalue weighted by Gasteiger charge is 2.20. The van der Waals surface area contributed by atoms with E-state index in [1.807, 2.05) is 24.3 Å². The van der Waals surface area contributed by atoms with Gasteiger partial charge in [0.2, 0.25) is 11.5 Å². The van der Waals surface area contributed by atoms with Gasteiger partial charge >= 0.3 is 0 Å². The predicted octanol–water partition coefficient (Wildman–Crippen LogP) is 3.93. The highest BCUT2D eigenvalue weighted by atomic mass is 32.1. The number of carbonyl (C=O) groups is 2. The van der Waals surface area contributed by atoms with E-state index in [-0.39, 0.29) is 11.7 Å². The van der Waals surface area contributed by atoms with Gasteiger partial charge in [0.05, 0.1) is 38.3 Å². The molecular weight excluding hydrogens is 390 g/mol.